The third-order valence-corrected chi connectivity index (χ3v) is 5.00. The van der Waals surface area contributed by atoms with Crippen LogP contribution in [0.15, 0.2) is 60.8 Å². The summed E-state index contributed by atoms with van der Waals surface area (Å²) in [6.07, 6.45) is 3.47. The smallest absolute Gasteiger partial charge is 0.253 e. The van der Waals surface area contributed by atoms with Crippen LogP contribution in [0.25, 0.3) is 11.4 Å². The number of hydrogen-bond donors (Lipinski definition) is 0. The zero-order chi connectivity index (χ0) is 19.5. The van der Waals surface area contributed by atoms with Gasteiger partial charge in [-0.2, -0.15) is 0 Å². The van der Waals surface area contributed by atoms with Crippen LogP contribution in [0.2, 0.25) is 0 Å². The summed E-state index contributed by atoms with van der Waals surface area (Å²) in [5, 5.41) is 0. The minimum absolute atomic E-state index is 0.0773. The number of aromatic nitrogens is 2. The van der Waals surface area contributed by atoms with Gasteiger partial charge in [0.15, 0.2) is 17.5 Å². The summed E-state index contributed by atoms with van der Waals surface area (Å²) in [7, 11) is 0. The lowest BCUT2D eigenvalue weighted by atomic mass is 9.94. The van der Waals surface area contributed by atoms with Crippen LogP contribution in [-0.2, 0) is 0 Å². The van der Waals surface area contributed by atoms with E-state index in [-0.39, 0.29) is 17.4 Å². The highest BCUT2D eigenvalue weighted by Gasteiger charge is 2.27. The summed E-state index contributed by atoms with van der Waals surface area (Å²) >= 11 is 0. The van der Waals surface area contributed by atoms with Gasteiger partial charge in [0.1, 0.15) is 0 Å². The van der Waals surface area contributed by atoms with Crippen LogP contribution < -0.4 is 0 Å². The Balaban J connectivity index is 1.54. The zero-order valence-corrected chi connectivity index (χ0v) is 15.2. The van der Waals surface area contributed by atoms with E-state index in [1.54, 1.807) is 11.1 Å². The monoisotopic (exact) mass is 379 g/mol. The summed E-state index contributed by atoms with van der Waals surface area (Å²) < 4.78 is 26.6. The van der Waals surface area contributed by atoms with Crippen molar-refractivity contribution in [2.24, 2.45) is 0 Å². The van der Waals surface area contributed by atoms with Crippen LogP contribution in [0, 0.1) is 11.6 Å². The fraction of sp³-hybridized carbons (Fsp3) is 0.227. The standard InChI is InChI=1S/C22H19F2N3O/c23-18-9-8-16(13-19(18)24)22(28)27-12-4-7-17(14-27)20-10-11-25-21(26-20)15-5-2-1-3-6-15/h1-3,5-6,8-11,13,17H,4,7,12,14H2. The molecule has 1 amide bonds. The van der Waals surface area contributed by atoms with Crippen molar-refractivity contribution in [1.82, 2.24) is 14.9 Å². The van der Waals surface area contributed by atoms with Crippen LogP contribution in [0.3, 0.4) is 0 Å². The fourth-order valence-corrected chi connectivity index (χ4v) is 3.54. The lowest BCUT2D eigenvalue weighted by molar-refractivity contribution is 0.0705. The molecule has 1 fully saturated rings. The molecule has 142 valence electrons. The van der Waals surface area contributed by atoms with Crippen molar-refractivity contribution in [2.75, 3.05) is 13.1 Å². The number of likely N-dealkylation sites (tertiary alicyclic amines) is 1. The zero-order valence-electron chi connectivity index (χ0n) is 15.2. The van der Waals surface area contributed by atoms with Crippen molar-refractivity contribution >= 4 is 5.91 Å². The van der Waals surface area contributed by atoms with Gasteiger partial charge in [0.2, 0.25) is 0 Å². The van der Waals surface area contributed by atoms with E-state index in [2.05, 4.69) is 4.98 Å². The third-order valence-electron chi connectivity index (χ3n) is 5.00. The Bertz CT molecular complexity index is 994. The highest BCUT2D eigenvalue weighted by molar-refractivity contribution is 5.94. The SMILES string of the molecule is O=C(c1ccc(F)c(F)c1)N1CCCC(c2ccnc(-c3ccccc3)n2)C1. The molecule has 0 radical (unpaired) electrons. The summed E-state index contributed by atoms with van der Waals surface area (Å²) in [5.41, 5.74) is 1.98. The topological polar surface area (TPSA) is 46.1 Å². The van der Waals surface area contributed by atoms with Gasteiger partial charge in [0.05, 0.1) is 0 Å². The van der Waals surface area contributed by atoms with Gasteiger partial charge in [-0.3, -0.25) is 4.79 Å². The fourth-order valence-electron chi connectivity index (χ4n) is 3.54. The van der Waals surface area contributed by atoms with Gasteiger partial charge < -0.3 is 4.90 Å². The van der Waals surface area contributed by atoms with Crippen molar-refractivity contribution in [1.29, 1.82) is 0 Å². The summed E-state index contributed by atoms with van der Waals surface area (Å²) in [6, 6.07) is 14.9. The Morgan fingerprint density at radius 2 is 1.86 bits per heavy atom. The van der Waals surface area contributed by atoms with Gasteiger partial charge in [0, 0.05) is 42.0 Å². The predicted octanol–water partition coefficient (Wildman–Crippen LogP) is 4.44. The Morgan fingerprint density at radius 1 is 1.04 bits per heavy atom. The highest BCUT2D eigenvalue weighted by Crippen LogP contribution is 2.28. The first-order chi connectivity index (χ1) is 13.6. The Morgan fingerprint density at radius 3 is 2.64 bits per heavy atom. The molecule has 2 heterocycles. The van der Waals surface area contributed by atoms with Crippen molar-refractivity contribution in [3.63, 3.8) is 0 Å². The Hall–Kier alpha value is -3.15. The number of nitrogens with zero attached hydrogens (tertiary/aromatic N) is 3. The lowest BCUT2D eigenvalue weighted by Gasteiger charge is -2.32. The van der Waals surface area contributed by atoms with Gasteiger partial charge in [-0.15, -0.1) is 0 Å². The number of carbonyl (C=O) groups excluding carboxylic acids is 1. The lowest BCUT2D eigenvalue weighted by Crippen LogP contribution is -2.39. The molecule has 1 aromatic heterocycles. The molecule has 1 atom stereocenters. The number of amides is 1. The molecule has 0 bridgehead atoms. The maximum absolute atomic E-state index is 13.5. The molecule has 6 heteroatoms. The second kappa shape index (κ2) is 7.84. The molecule has 1 aliphatic heterocycles. The maximum Gasteiger partial charge on any atom is 0.253 e. The van der Waals surface area contributed by atoms with Crippen molar-refractivity contribution in [2.45, 2.75) is 18.8 Å². The van der Waals surface area contributed by atoms with Gasteiger partial charge in [-0.05, 0) is 37.1 Å². The van der Waals surface area contributed by atoms with Crippen LogP contribution in [0.1, 0.15) is 34.8 Å². The molecular formula is C22H19F2N3O. The van der Waals surface area contributed by atoms with E-state index < -0.39 is 11.6 Å². The molecule has 28 heavy (non-hydrogen) atoms. The molecule has 1 unspecified atom stereocenters. The molecular weight excluding hydrogens is 360 g/mol. The molecule has 0 N–H and O–H groups in total. The van der Waals surface area contributed by atoms with Crippen LogP contribution in [0.4, 0.5) is 8.78 Å². The molecule has 1 aliphatic rings. The molecule has 2 aromatic carbocycles. The first-order valence-corrected chi connectivity index (χ1v) is 9.24. The minimum atomic E-state index is -1.01. The van der Waals surface area contributed by atoms with Crippen molar-refractivity contribution in [3.8, 4) is 11.4 Å². The maximum atomic E-state index is 13.5. The van der Waals surface area contributed by atoms with E-state index in [4.69, 9.17) is 4.98 Å². The number of carbonyl (C=O) groups is 1. The van der Waals surface area contributed by atoms with Crippen molar-refractivity contribution < 1.29 is 13.6 Å². The number of piperidine rings is 1. The van der Waals surface area contributed by atoms with Crippen LogP contribution in [-0.4, -0.2) is 33.9 Å². The molecule has 3 aromatic rings. The molecule has 4 nitrogen and oxygen atoms in total. The normalized spacial score (nSPS) is 16.8. The molecule has 0 saturated carbocycles. The van der Waals surface area contributed by atoms with Crippen LogP contribution in [0.5, 0.6) is 0 Å². The second-order valence-electron chi connectivity index (χ2n) is 6.89. The molecule has 1 saturated heterocycles. The first kappa shape index (κ1) is 18.2. The Kier molecular flexibility index (Phi) is 5.10. The number of rotatable bonds is 3. The van der Waals surface area contributed by atoms with E-state index in [1.165, 1.54) is 6.07 Å². The average molecular weight is 379 g/mol. The van der Waals surface area contributed by atoms with E-state index in [9.17, 15) is 13.6 Å². The second-order valence-corrected chi connectivity index (χ2v) is 6.89. The quantitative estimate of drug-likeness (QED) is 0.676. The largest absolute Gasteiger partial charge is 0.338 e. The van der Waals surface area contributed by atoms with Gasteiger partial charge in [-0.25, -0.2) is 18.7 Å². The Labute approximate surface area is 161 Å². The summed E-state index contributed by atoms with van der Waals surface area (Å²) in [4.78, 5) is 23.5. The highest BCUT2D eigenvalue weighted by atomic mass is 19.2. The number of halogens is 2. The van der Waals surface area contributed by atoms with Crippen LogP contribution >= 0.6 is 0 Å². The minimum Gasteiger partial charge on any atom is -0.338 e. The van der Waals surface area contributed by atoms with E-state index >= 15 is 0 Å². The predicted molar refractivity (Wildman–Crippen MR) is 102 cm³/mol. The summed E-state index contributed by atoms with van der Waals surface area (Å²) in [5.74, 6) is -1.53. The molecule has 0 aliphatic carbocycles. The van der Waals surface area contributed by atoms with E-state index in [0.29, 0.717) is 18.9 Å². The molecule has 4 rings (SSSR count). The van der Waals surface area contributed by atoms with Gasteiger partial charge >= 0.3 is 0 Å². The third kappa shape index (κ3) is 3.76. The molecule has 0 spiro atoms. The average Bonchev–Trinajstić information content (AvgIpc) is 2.76. The number of benzene rings is 2. The number of hydrogen-bond acceptors (Lipinski definition) is 3. The summed E-state index contributed by atoms with van der Waals surface area (Å²) in [6.45, 7) is 1.08. The van der Waals surface area contributed by atoms with E-state index in [1.807, 2.05) is 36.4 Å². The first-order valence-electron chi connectivity index (χ1n) is 9.24. The van der Waals surface area contributed by atoms with Gasteiger partial charge in [-0.1, -0.05) is 30.3 Å². The van der Waals surface area contributed by atoms with Gasteiger partial charge in [0.25, 0.3) is 5.91 Å². The van der Waals surface area contributed by atoms with E-state index in [0.717, 1.165) is 36.2 Å². The van der Waals surface area contributed by atoms with Crippen molar-refractivity contribution in [3.05, 3.63) is 83.7 Å².